The van der Waals surface area contributed by atoms with E-state index in [1.54, 1.807) is 6.33 Å². The predicted octanol–water partition coefficient (Wildman–Crippen LogP) is 0.0785. The van der Waals surface area contributed by atoms with Crippen LogP contribution in [-0.4, -0.2) is 27.6 Å². The Hall–Kier alpha value is -1.52. The summed E-state index contributed by atoms with van der Waals surface area (Å²) in [7, 11) is 0. The Bertz CT molecular complexity index is 307. The number of carboxylic acids is 1. The summed E-state index contributed by atoms with van der Waals surface area (Å²) in [4.78, 5) is 17.5. The summed E-state index contributed by atoms with van der Waals surface area (Å²) in [5.41, 5.74) is 0.883. The molecule has 1 aliphatic rings. The van der Waals surface area contributed by atoms with E-state index in [4.69, 9.17) is 5.11 Å². The molecule has 0 fully saturated rings. The molecule has 5 heteroatoms. The van der Waals surface area contributed by atoms with Gasteiger partial charge in [-0.25, -0.2) is 4.98 Å². The van der Waals surface area contributed by atoms with E-state index >= 15 is 0 Å². The van der Waals surface area contributed by atoms with Gasteiger partial charge in [-0.2, -0.15) is 0 Å². The highest BCUT2D eigenvalue weighted by Crippen LogP contribution is 2.20. The van der Waals surface area contributed by atoms with Gasteiger partial charge in [-0.05, 0) is 0 Å². The van der Waals surface area contributed by atoms with Crippen molar-refractivity contribution >= 4 is 11.8 Å². The van der Waals surface area contributed by atoms with Gasteiger partial charge in [-0.1, -0.05) is 0 Å². The summed E-state index contributed by atoms with van der Waals surface area (Å²) in [6, 6.07) is 0. The van der Waals surface area contributed by atoms with Gasteiger partial charge in [-0.15, -0.1) is 0 Å². The standard InChI is InChI=1S/C7H9N3O2/c11-7(12)4-1-5-6(8-2-4)10-3-9-5/h3-4,8H,1-2H2,(H,9,10)(H,11,12). The number of anilines is 1. The third-order valence-corrected chi connectivity index (χ3v) is 2.03. The van der Waals surface area contributed by atoms with E-state index in [0.29, 0.717) is 13.0 Å². The van der Waals surface area contributed by atoms with Crippen molar-refractivity contribution in [2.75, 3.05) is 11.9 Å². The number of hydrogen-bond acceptors (Lipinski definition) is 3. The number of carboxylic acid groups (broad SMARTS) is 1. The second kappa shape index (κ2) is 2.51. The van der Waals surface area contributed by atoms with Crippen molar-refractivity contribution in [3.05, 3.63) is 12.0 Å². The molecule has 0 aromatic carbocycles. The van der Waals surface area contributed by atoms with E-state index in [1.165, 1.54) is 0 Å². The van der Waals surface area contributed by atoms with E-state index in [9.17, 15) is 4.79 Å². The van der Waals surface area contributed by atoms with Gasteiger partial charge in [0.25, 0.3) is 0 Å². The van der Waals surface area contributed by atoms with Crippen LogP contribution in [0.3, 0.4) is 0 Å². The Morgan fingerprint density at radius 3 is 3.33 bits per heavy atom. The lowest BCUT2D eigenvalue weighted by Gasteiger charge is -2.18. The summed E-state index contributed by atoms with van der Waals surface area (Å²) in [5.74, 6) is -0.312. The molecule has 3 N–H and O–H groups in total. The molecule has 1 aliphatic heterocycles. The molecule has 0 bridgehead atoms. The molecule has 2 rings (SSSR count). The molecule has 0 aliphatic carbocycles. The maximum atomic E-state index is 10.6. The minimum absolute atomic E-state index is 0.335. The number of nitrogens with zero attached hydrogens (tertiary/aromatic N) is 1. The Labute approximate surface area is 68.8 Å². The van der Waals surface area contributed by atoms with E-state index in [2.05, 4.69) is 15.3 Å². The van der Waals surface area contributed by atoms with Crippen molar-refractivity contribution in [2.45, 2.75) is 6.42 Å². The second-order valence-electron chi connectivity index (χ2n) is 2.85. The molecule has 0 saturated carbocycles. The lowest BCUT2D eigenvalue weighted by molar-refractivity contribution is -0.141. The SMILES string of the molecule is O=C(O)C1CNc2nc[nH]c2C1. The molecule has 1 unspecified atom stereocenters. The van der Waals surface area contributed by atoms with E-state index in [1.807, 2.05) is 0 Å². The van der Waals surface area contributed by atoms with Crippen LogP contribution in [0, 0.1) is 5.92 Å². The molecule has 0 amide bonds. The van der Waals surface area contributed by atoms with E-state index in [-0.39, 0.29) is 5.92 Å². The Morgan fingerprint density at radius 1 is 1.75 bits per heavy atom. The first-order chi connectivity index (χ1) is 5.77. The van der Waals surface area contributed by atoms with Crippen molar-refractivity contribution in [3.8, 4) is 0 Å². The number of aromatic amines is 1. The summed E-state index contributed by atoms with van der Waals surface area (Å²) in [5, 5.41) is 11.7. The van der Waals surface area contributed by atoms with Crippen molar-refractivity contribution in [3.63, 3.8) is 0 Å². The van der Waals surface area contributed by atoms with Gasteiger partial charge in [0.1, 0.15) is 5.82 Å². The average Bonchev–Trinajstić information content (AvgIpc) is 2.49. The maximum absolute atomic E-state index is 10.6. The van der Waals surface area contributed by atoms with E-state index < -0.39 is 5.97 Å². The van der Waals surface area contributed by atoms with Gasteiger partial charge in [-0.3, -0.25) is 4.79 Å². The van der Waals surface area contributed by atoms with Gasteiger partial charge in [0.2, 0.25) is 0 Å². The van der Waals surface area contributed by atoms with Crippen LogP contribution in [0.1, 0.15) is 5.69 Å². The molecular formula is C7H9N3O2. The number of hydrogen-bond donors (Lipinski definition) is 3. The first-order valence-corrected chi connectivity index (χ1v) is 3.76. The van der Waals surface area contributed by atoms with Crippen LogP contribution in [0.5, 0.6) is 0 Å². The largest absolute Gasteiger partial charge is 0.481 e. The molecule has 12 heavy (non-hydrogen) atoms. The van der Waals surface area contributed by atoms with Crippen LogP contribution >= 0.6 is 0 Å². The fourth-order valence-electron chi connectivity index (χ4n) is 1.34. The van der Waals surface area contributed by atoms with Gasteiger partial charge >= 0.3 is 5.97 Å². The fraction of sp³-hybridized carbons (Fsp3) is 0.429. The molecular weight excluding hydrogens is 158 g/mol. The number of nitrogens with one attached hydrogen (secondary N) is 2. The topological polar surface area (TPSA) is 78.0 Å². The van der Waals surface area contributed by atoms with Gasteiger partial charge in [0.05, 0.1) is 17.9 Å². The van der Waals surface area contributed by atoms with Crippen LogP contribution in [0.25, 0.3) is 0 Å². The Morgan fingerprint density at radius 2 is 2.58 bits per heavy atom. The Kier molecular flexibility index (Phi) is 1.49. The molecule has 64 valence electrons. The lowest BCUT2D eigenvalue weighted by atomic mass is 10.0. The van der Waals surface area contributed by atoms with Gasteiger partial charge in [0, 0.05) is 13.0 Å². The zero-order valence-electron chi connectivity index (χ0n) is 6.37. The van der Waals surface area contributed by atoms with Crippen molar-refractivity contribution in [2.24, 2.45) is 5.92 Å². The number of fused-ring (bicyclic) bond motifs is 1. The fourth-order valence-corrected chi connectivity index (χ4v) is 1.34. The number of imidazole rings is 1. The number of aliphatic carboxylic acids is 1. The molecule has 0 radical (unpaired) electrons. The molecule has 1 aromatic rings. The molecule has 0 saturated heterocycles. The molecule has 5 nitrogen and oxygen atoms in total. The smallest absolute Gasteiger partial charge is 0.308 e. The average molecular weight is 167 g/mol. The number of H-pyrrole nitrogens is 1. The second-order valence-corrected chi connectivity index (χ2v) is 2.85. The van der Waals surface area contributed by atoms with Crippen molar-refractivity contribution < 1.29 is 9.90 Å². The van der Waals surface area contributed by atoms with E-state index in [0.717, 1.165) is 11.5 Å². The highest BCUT2D eigenvalue weighted by Gasteiger charge is 2.25. The van der Waals surface area contributed by atoms with Crippen molar-refractivity contribution in [1.82, 2.24) is 9.97 Å². The minimum Gasteiger partial charge on any atom is -0.481 e. The first-order valence-electron chi connectivity index (χ1n) is 3.76. The Balaban J connectivity index is 2.20. The monoisotopic (exact) mass is 167 g/mol. The molecule has 0 spiro atoms. The van der Waals surface area contributed by atoms with Crippen LogP contribution in [0.15, 0.2) is 6.33 Å². The zero-order valence-corrected chi connectivity index (χ0v) is 6.37. The predicted molar refractivity (Wildman–Crippen MR) is 41.9 cm³/mol. The van der Waals surface area contributed by atoms with Crippen LogP contribution in [-0.2, 0) is 11.2 Å². The third-order valence-electron chi connectivity index (χ3n) is 2.03. The number of rotatable bonds is 1. The van der Waals surface area contributed by atoms with Crippen molar-refractivity contribution in [1.29, 1.82) is 0 Å². The lowest BCUT2D eigenvalue weighted by Crippen LogP contribution is -2.29. The third kappa shape index (κ3) is 1.03. The highest BCUT2D eigenvalue weighted by molar-refractivity contribution is 5.72. The quantitative estimate of drug-likeness (QED) is 0.553. The summed E-state index contributed by atoms with van der Waals surface area (Å²) < 4.78 is 0. The summed E-state index contributed by atoms with van der Waals surface area (Å²) in [6.45, 7) is 0.465. The van der Waals surface area contributed by atoms with Gasteiger partial charge < -0.3 is 15.4 Å². The molecule has 1 aromatic heterocycles. The number of carbonyl (C=O) groups is 1. The zero-order chi connectivity index (χ0) is 8.55. The summed E-state index contributed by atoms with van der Waals surface area (Å²) >= 11 is 0. The van der Waals surface area contributed by atoms with Crippen LogP contribution < -0.4 is 5.32 Å². The normalized spacial score (nSPS) is 21.2. The molecule has 2 heterocycles. The number of aromatic nitrogens is 2. The minimum atomic E-state index is -0.761. The van der Waals surface area contributed by atoms with Crippen LogP contribution in [0.4, 0.5) is 5.82 Å². The maximum Gasteiger partial charge on any atom is 0.308 e. The first kappa shape index (κ1) is 7.15. The highest BCUT2D eigenvalue weighted by atomic mass is 16.4. The molecule has 1 atom stereocenters. The summed E-state index contributed by atoms with van der Waals surface area (Å²) in [6.07, 6.45) is 2.11. The van der Waals surface area contributed by atoms with Gasteiger partial charge in [0.15, 0.2) is 0 Å². The van der Waals surface area contributed by atoms with Crippen LogP contribution in [0.2, 0.25) is 0 Å².